The van der Waals surface area contributed by atoms with Gasteiger partial charge < -0.3 is 5.32 Å². The van der Waals surface area contributed by atoms with Crippen LogP contribution in [0.1, 0.15) is 24.8 Å². The summed E-state index contributed by atoms with van der Waals surface area (Å²) in [6.45, 7) is 1.08. The molecular formula is C19H20ClFN2O3S. The second-order valence-electron chi connectivity index (χ2n) is 6.46. The van der Waals surface area contributed by atoms with Gasteiger partial charge in [0.15, 0.2) is 0 Å². The van der Waals surface area contributed by atoms with Gasteiger partial charge in [0.1, 0.15) is 5.82 Å². The lowest BCUT2D eigenvalue weighted by atomic mass is 10.1. The highest BCUT2D eigenvalue weighted by atomic mass is 35.5. The zero-order valence-electron chi connectivity index (χ0n) is 14.6. The minimum absolute atomic E-state index is 0.00606. The van der Waals surface area contributed by atoms with E-state index in [4.69, 9.17) is 11.6 Å². The number of halogens is 2. The minimum Gasteiger partial charge on any atom is -0.323 e. The summed E-state index contributed by atoms with van der Waals surface area (Å²) in [7, 11) is -3.49. The number of anilines is 1. The Bertz CT molecular complexity index is 926. The Balaban J connectivity index is 1.65. The zero-order valence-corrected chi connectivity index (χ0v) is 16.2. The van der Waals surface area contributed by atoms with Crippen molar-refractivity contribution in [2.45, 2.75) is 30.6 Å². The maximum absolute atomic E-state index is 13.7. The highest BCUT2D eigenvalue weighted by Crippen LogP contribution is 2.22. The van der Waals surface area contributed by atoms with E-state index in [0.717, 1.165) is 25.3 Å². The molecule has 2 aromatic carbocycles. The van der Waals surface area contributed by atoms with E-state index in [1.54, 1.807) is 12.1 Å². The van der Waals surface area contributed by atoms with E-state index < -0.39 is 21.7 Å². The first-order valence-corrected chi connectivity index (χ1v) is 10.5. The Morgan fingerprint density at radius 3 is 2.37 bits per heavy atom. The summed E-state index contributed by atoms with van der Waals surface area (Å²) >= 11 is 5.69. The SMILES string of the molecule is O=C(Cc1ccc(S(=O)(=O)N2CCCCC2)cc1)Nc1ccc(Cl)cc1F. The number of benzene rings is 2. The van der Waals surface area contributed by atoms with Crippen molar-refractivity contribution in [1.82, 2.24) is 4.31 Å². The second-order valence-corrected chi connectivity index (χ2v) is 8.83. The Morgan fingerprint density at radius 2 is 1.74 bits per heavy atom. The lowest BCUT2D eigenvalue weighted by molar-refractivity contribution is -0.115. The molecule has 144 valence electrons. The first kappa shape index (κ1) is 19.8. The molecule has 0 bridgehead atoms. The lowest BCUT2D eigenvalue weighted by Crippen LogP contribution is -2.35. The number of nitrogens with zero attached hydrogens (tertiary/aromatic N) is 1. The summed E-state index contributed by atoms with van der Waals surface area (Å²) in [4.78, 5) is 12.3. The van der Waals surface area contributed by atoms with Crippen LogP contribution in [0.2, 0.25) is 5.02 Å². The summed E-state index contributed by atoms with van der Waals surface area (Å²) in [5, 5.41) is 2.73. The molecule has 27 heavy (non-hydrogen) atoms. The first-order valence-electron chi connectivity index (χ1n) is 8.70. The van der Waals surface area contributed by atoms with Gasteiger partial charge >= 0.3 is 0 Å². The van der Waals surface area contributed by atoms with Crippen LogP contribution in [-0.2, 0) is 21.2 Å². The topological polar surface area (TPSA) is 66.5 Å². The minimum atomic E-state index is -3.49. The van der Waals surface area contributed by atoms with Gasteiger partial charge in [0.2, 0.25) is 15.9 Å². The van der Waals surface area contributed by atoms with Gasteiger partial charge in [-0.1, -0.05) is 30.2 Å². The molecule has 1 amide bonds. The first-order chi connectivity index (χ1) is 12.9. The molecule has 0 radical (unpaired) electrons. The number of sulfonamides is 1. The van der Waals surface area contributed by atoms with Crippen LogP contribution in [0.5, 0.6) is 0 Å². The van der Waals surface area contributed by atoms with Crippen molar-refractivity contribution < 1.29 is 17.6 Å². The van der Waals surface area contributed by atoms with Crippen LogP contribution in [0.25, 0.3) is 0 Å². The van der Waals surface area contributed by atoms with Crippen molar-refractivity contribution in [2.75, 3.05) is 18.4 Å². The third-order valence-corrected chi connectivity index (χ3v) is 6.59. The van der Waals surface area contributed by atoms with Crippen molar-refractivity contribution in [3.63, 3.8) is 0 Å². The fourth-order valence-electron chi connectivity index (χ4n) is 3.00. The molecule has 1 aliphatic heterocycles. The summed E-state index contributed by atoms with van der Waals surface area (Å²) in [6.07, 6.45) is 2.80. The molecule has 0 unspecified atom stereocenters. The Kier molecular flexibility index (Phi) is 6.14. The van der Waals surface area contributed by atoms with E-state index in [9.17, 15) is 17.6 Å². The van der Waals surface area contributed by atoms with E-state index >= 15 is 0 Å². The molecule has 5 nitrogen and oxygen atoms in total. The quantitative estimate of drug-likeness (QED) is 0.814. The predicted molar refractivity (Wildman–Crippen MR) is 103 cm³/mol. The molecule has 1 N–H and O–H groups in total. The molecule has 1 heterocycles. The van der Waals surface area contributed by atoms with Crippen LogP contribution < -0.4 is 5.32 Å². The molecule has 1 fully saturated rings. The highest BCUT2D eigenvalue weighted by Gasteiger charge is 2.25. The van der Waals surface area contributed by atoms with E-state index in [-0.39, 0.29) is 22.0 Å². The second kappa shape index (κ2) is 8.37. The van der Waals surface area contributed by atoms with Gasteiger partial charge in [-0.25, -0.2) is 12.8 Å². The molecule has 0 aliphatic carbocycles. The molecule has 0 spiro atoms. The Morgan fingerprint density at radius 1 is 1.07 bits per heavy atom. The van der Waals surface area contributed by atoms with Gasteiger partial charge in [-0.2, -0.15) is 4.31 Å². The van der Waals surface area contributed by atoms with Gasteiger partial charge in [-0.3, -0.25) is 4.79 Å². The Hall–Kier alpha value is -1.96. The number of nitrogens with one attached hydrogen (secondary N) is 1. The maximum Gasteiger partial charge on any atom is 0.243 e. The molecule has 1 aliphatic rings. The monoisotopic (exact) mass is 410 g/mol. The van der Waals surface area contributed by atoms with Crippen LogP contribution >= 0.6 is 11.6 Å². The fraction of sp³-hybridized carbons (Fsp3) is 0.316. The van der Waals surface area contributed by atoms with E-state index in [1.807, 2.05) is 0 Å². The van der Waals surface area contributed by atoms with E-state index in [0.29, 0.717) is 18.7 Å². The van der Waals surface area contributed by atoms with Crippen LogP contribution in [0, 0.1) is 5.82 Å². The summed E-state index contributed by atoms with van der Waals surface area (Å²) in [5.41, 5.74) is 0.688. The van der Waals surface area contributed by atoms with Crippen LogP contribution in [0.15, 0.2) is 47.4 Å². The highest BCUT2D eigenvalue weighted by molar-refractivity contribution is 7.89. The molecule has 1 saturated heterocycles. The van der Waals surface area contributed by atoms with Crippen molar-refractivity contribution in [1.29, 1.82) is 0 Å². The lowest BCUT2D eigenvalue weighted by Gasteiger charge is -2.25. The standard InChI is InChI=1S/C19H20ClFN2O3S/c20-15-6-9-18(17(21)13-15)22-19(24)12-14-4-7-16(8-5-14)27(25,26)23-10-2-1-3-11-23/h4-9,13H,1-3,10-12H2,(H,22,24). The van der Waals surface area contributed by atoms with Gasteiger partial charge in [-0.05, 0) is 48.7 Å². The van der Waals surface area contributed by atoms with Crippen molar-refractivity contribution in [3.8, 4) is 0 Å². The summed E-state index contributed by atoms with van der Waals surface area (Å²) in [6, 6.07) is 10.2. The molecule has 8 heteroatoms. The number of piperidine rings is 1. The third kappa shape index (κ3) is 4.86. The average Bonchev–Trinajstić information content (AvgIpc) is 2.65. The van der Waals surface area contributed by atoms with Crippen molar-refractivity contribution in [2.24, 2.45) is 0 Å². The number of hydrogen-bond donors (Lipinski definition) is 1. The molecular weight excluding hydrogens is 391 g/mol. The maximum atomic E-state index is 13.7. The average molecular weight is 411 g/mol. The number of hydrogen-bond acceptors (Lipinski definition) is 3. The molecule has 0 saturated carbocycles. The molecule has 3 rings (SSSR count). The summed E-state index contributed by atoms with van der Waals surface area (Å²) < 4.78 is 40.5. The van der Waals surface area contributed by atoms with Crippen LogP contribution in [-0.4, -0.2) is 31.7 Å². The van der Waals surface area contributed by atoms with Crippen LogP contribution in [0.4, 0.5) is 10.1 Å². The predicted octanol–water partition coefficient (Wildman–Crippen LogP) is 3.83. The molecule has 2 aromatic rings. The van der Waals surface area contributed by atoms with Crippen molar-refractivity contribution >= 4 is 33.2 Å². The van der Waals surface area contributed by atoms with Crippen LogP contribution in [0.3, 0.4) is 0 Å². The van der Waals surface area contributed by atoms with Gasteiger partial charge in [0.25, 0.3) is 0 Å². The largest absolute Gasteiger partial charge is 0.323 e. The van der Waals surface area contributed by atoms with E-state index in [1.165, 1.54) is 28.6 Å². The number of carbonyl (C=O) groups is 1. The number of rotatable bonds is 5. The van der Waals surface area contributed by atoms with Gasteiger partial charge in [-0.15, -0.1) is 0 Å². The fourth-order valence-corrected chi connectivity index (χ4v) is 4.68. The number of carbonyl (C=O) groups excluding carboxylic acids is 1. The Labute approximate surface area is 163 Å². The van der Waals surface area contributed by atoms with Gasteiger partial charge in [0.05, 0.1) is 17.0 Å². The van der Waals surface area contributed by atoms with E-state index in [2.05, 4.69) is 5.32 Å². The third-order valence-electron chi connectivity index (χ3n) is 4.45. The van der Waals surface area contributed by atoms with Crippen molar-refractivity contribution in [3.05, 3.63) is 58.9 Å². The van der Waals surface area contributed by atoms with Gasteiger partial charge in [0, 0.05) is 18.1 Å². The normalized spacial score (nSPS) is 15.5. The smallest absolute Gasteiger partial charge is 0.243 e. The molecule has 0 atom stereocenters. The summed E-state index contributed by atoms with van der Waals surface area (Å²) in [5.74, 6) is -1.01. The molecule has 0 aromatic heterocycles. The number of amides is 1. The zero-order chi connectivity index (χ0) is 19.4.